The number of hydrazone groups is 1. The average Bonchev–Trinajstić information content (AvgIpc) is 2.69. The first-order valence-electron chi connectivity index (χ1n) is 4.97. The number of nitrogens with one attached hydrogen (secondary N) is 2. The minimum atomic E-state index is -0.121. The molecule has 0 radical (unpaired) electrons. The fourth-order valence-corrected chi connectivity index (χ4v) is 2.77. The van der Waals surface area contributed by atoms with E-state index in [9.17, 15) is 0 Å². The van der Waals surface area contributed by atoms with Crippen molar-refractivity contribution in [3.05, 3.63) is 11.1 Å². The highest BCUT2D eigenvalue weighted by Crippen LogP contribution is 2.28. The van der Waals surface area contributed by atoms with Crippen molar-refractivity contribution in [3.63, 3.8) is 0 Å². The Morgan fingerprint density at radius 1 is 1.76 bits per heavy atom. The van der Waals surface area contributed by atoms with Crippen LogP contribution in [0.4, 0.5) is 0 Å². The SMILES string of the molecule is CN1COCN(CC2=CNC(Cl)S2)C1=NNO. The topological polar surface area (TPSA) is 72.4 Å². The van der Waals surface area contributed by atoms with Gasteiger partial charge in [0.2, 0.25) is 5.96 Å². The lowest BCUT2D eigenvalue weighted by molar-refractivity contribution is -0.0166. The summed E-state index contributed by atoms with van der Waals surface area (Å²) in [7, 11) is 1.83. The molecule has 9 heteroatoms. The van der Waals surface area contributed by atoms with Crippen molar-refractivity contribution in [2.75, 3.05) is 27.1 Å². The molecule has 1 unspecified atom stereocenters. The van der Waals surface area contributed by atoms with Gasteiger partial charge in [-0.3, -0.25) is 5.21 Å². The Morgan fingerprint density at radius 2 is 2.59 bits per heavy atom. The Balaban J connectivity index is 2.00. The van der Waals surface area contributed by atoms with Crippen LogP contribution in [-0.2, 0) is 4.74 Å². The number of halogens is 1. The van der Waals surface area contributed by atoms with Crippen molar-refractivity contribution in [2.45, 2.75) is 4.83 Å². The molecular weight excluding hydrogens is 266 g/mol. The van der Waals surface area contributed by atoms with Crippen LogP contribution in [0.1, 0.15) is 0 Å². The third kappa shape index (κ3) is 3.09. The number of alkyl halides is 1. The zero-order chi connectivity index (χ0) is 12.3. The highest BCUT2D eigenvalue weighted by molar-refractivity contribution is 8.05. The fraction of sp³-hybridized carbons (Fsp3) is 0.625. The fourth-order valence-electron chi connectivity index (χ4n) is 1.59. The summed E-state index contributed by atoms with van der Waals surface area (Å²) in [4.78, 5) is 4.65. The van der Waals surface area contributed by atoms with Gasteiger partial charge >= 0.3 is 0 Å². The van der Waals surface area contributed by atoms with Gasteiger partial charge in [-0.05, 0) is 0 Å². The maximum absolute atomic E-state index is 8.67. The zero-order valence-corrected chi connectivity index (χ0v) is 10.8. The van der Waals surface area contributed by atoms with Gasteiger partial charge in [0.25, 0.3) is 0 Å². The highest BCUT2D eigenvalue weighted by atomic mass is 35.5. The largest absolute Gasteiger partial charge is 0.366 e. The molecule has 7 nitrogen and oxygen atoms in total. The Bertz CT molecular complexity index is 340. The van der Waals surface area contributed by atoms with Gasteiger partial charge in [-0.25, -0.2) is 0 Å². The molecule has 0 aromatic heterocycles. The first kappa shape index (κ1) is 12.6. The minimum Gasteiger partial charge on any atom is -0.366 e. The Kier molecular flexibility index (Phi) is 4.21. The van der Waals surface area contributed by atoms with Gasteiger partial charge < -0.3 is 19.9 Å². The predicted molar refractivity (Wildman–Crippen MR) is 66.1 cm³/mol. The molecule has 0 aromatic rings. The molecule has 0 spiro atoms. The molecule has 2 heterocycles. The van der Waals surface area contributed by atoms with Crippen molar-refractivity contribution in [1.82, 2.24) is 20.7 Å². The summed E-state index contributed by atoms with van der Waals surface area (Å²) >= 11 is 7.45. The van der Waals surface area contributed by atoms with E-state index in [2.05, 4.69) is 10.4 Å². The molecule has 3 N–H and O–H groups in total. The van der Waals surface area contributed by atoms with Crippen molar-refractivity contribution < 1.29 is 9.94 Å². The molecule has 1 saturated heterocycles. The summed E-state index contributed by atoms with van der Waals surface area (Å²) in [5.41, 5.74) is 1.81. The molecule has 1 atom stereocenters. The Labute approximate surface area is 108 Å². The lowest BCUT2D eigenvalue weighted by Crippen LogP contribution is -2.50. The molecule has 0 aromatic carbocycles. The first-order valence-corrected chi connectivity index (χ1v) is 6.28. The standard InChI is InChI=1S/C8H14ClN5O2S/c1-13-4-16-5-14(8(13)11-12-15)3-6-2-10-7(9)17-6/h2,7,10,12,15H,3-5H2,1H3. The van der Waals surface area contributed by atoms with E-state index in [0.717, 1.165) is 4.91 Å². The molecule has 1 fully saturated rings. The molecule has 0 aliphatic carbocycles. The second-order valence-corrected chi connectivity index (χ2v) is 5.51. The van der Waals surface area contributed by atoms with Crippen molar-refractivity contribution in [3.8, 4) is 0 Å². The predicted octanol–water partition coefficient (Wildman–Crippen LogP) is 0.115. The lowest BCUT2D eigenvalue weighted by Gasteiger charge is -2.36. The summed E-state index contributed by atoms with van der Waals surface area (Å²) < 4.78 is 5.38. The van der Waals surface area contributed by atoms with E-state index in [1.165, 1.54) is 0 Å². The van der Waals surface area contributed by atoms with Crippen LogP contribution in [-0.4, -0.2) is 52.9 Å². The molecule has 0 bridgehead atoms. The van der Waals surface area contributed by atoms with E-state index in [-0.39, 0.29) is 4.83 Å². The van der Waals surface area contributed by atoms with Gasteiger partial charge in [-0.2, -0.15) is 5.59 Å². The van der Waals surface area contributed by atoms with Crippen LogP contribution in [0.25, 0.3) is 0 Å². The van der Waals surface area contributed by atoms with E-state index >= 15 is 0 Å². The van der Waals surface area contributed by atoms with Gasteiger partial charge in [-0.15, -0.1) is 5.10 Å². The Morgan fingerprint density at radius 3 is 3.24 bits per heavy atom. The van der Waals surface area contributed by atoms with Crippen molar-refractivity contribution in [2.24, 2.45) is 5.10 Å². The van der Waals surface area contributed by atoms with E-state index in [0.29, 0.717) is 26.0 Å². The van der Waals surface area contributed by atoms with E-state index in [1.807, 2.05) is 23.7 Å². The summed E-state index contributed by atoms with van der Waals surface area (Å²) in [6.45, 7) is 1.50. The smallest absolute Gasteiger partial charge is 0.225 e. The van der Waals surface area contributed by atoms with Crippen LogP contribution in [0.3, 0.4) is 0 Å². The van der Waals surface area contributed by atoms with Crippen molar-refractivity contribution in [1.29, 1.82) is 0 Å². The third-order valence-corrected chi connectivity index (χ3v) is 3.57. The highest BCUT2D eigenvalue weighted by Gasteiger charge is 2.24. The van der Waals surface area contributed by atoms with Gasteiger partial charge in [0.05, 0.1) is 6.54 Å². The van der Waals surface area contributed by atoms with Gasteiger partial charge in [-0.1, -0.05) is 23.4 Å². The number of thioether (sulfide) groups is 1. The van der Waals surface area contributed by atoms with Gasteiger partial charge in [0, 0.05) is 18.2 Å². The molecule has 0 amide bonds. The monoisotopic (exact) mass is 279 g/mol. The molecule has 2 aliphatic heterocycles. The average molecular weight is 280 g/mol. The number of nitrogens with zero attached hydrogens (tertiary/aromatic N) is 3. The first-order chi connectivity index (χ1) is 8.20. The van der Waals surface area contributed by atoms with E-state index < -0.39 is 0 Å². The molecule has 2 aliphatic rings. The molecule has 0 saturated carbocycles. The van der Waals surface area contributed by atoms with Crippen LogP contribution in [0.2, 0.25) is 0 Å². The molecule has 17 heavy (non-hydrogen) atoms. The number of hydrogen-bond donors (Lipinski definition) is 3. The van der Waals surface area contributed by atoms with Crippen molar-refractivity contribution >= 4 is 29.3 Å². The third-order valence-electron chi connectivity index (χ3n) is 2.28. The summed E-state index contributed by atoms with van der Waals surface area (Å²) in [6, 6.07) is 0. The second-order valence-electron chi connectivity index (χ2n) is 3.58. The summed E-state index contributed by atoms with van der Waals surface area (Å²) in [6.07, 6.45) is 1.88. The molecule has 2 rings (SSSR count). The van der Waals surface area contributed by atoms with E-state index in [4.69, 9.17) is 21.5 Å². The quantitative estimate of drug-likeness (QED) is 0.385. The second kappa shape index (κ2) is 5.67. The number of ether oxygens (including phenoxy) is 1. The van der Waals surface area contributed by atoms with Crippen LogP contribution >= 0.6 is 23.4 Å². The summed E-state index contributed by atoms with van der Waals surface area (Å²) in [5.74, 6) is 0.623. The summed E-state index contributed by atoms with van der Waals surface area (Å²) in [5, 5.41) is 15.5. The van der Waals surface area contributed by atoms with Crippen LogP contribution < -0.4 is 10.9 Å². The van der Waals surface area contributed by atoms with E-state index in [1.54, 1.807) is 16.7 Å². The van der Waals surface area contributed by atoms with Crippen LogP contribution in [0, 0.1) is 0 Å². The Hall–Kier alpha value is -0.830. The van der Waals surface area contributed by atoms with Crippen LogP contribution in [0.5, 0.6) is 0 Å². The number of hydrogen-bond acceptors (Lipinski definition) is 6. The van der Waals surface area contributed by atoms with Crippen LogP contribution in [0.15, 0.2) is 16.2 Å². The molecular formula is C8H14ClN5O2S. The molecule has 96 valence electrons. The minimum absolute atomic E-state index is 0.121. The van der Waals surface area contributed by atoms with Gasteiger partial charge in [0.1, 0.15) is 13.5 Å². The number of rotatable bonds is 3. The maximum Gasteiger partial charge on any atom is 0.225 e. The maximum atomic E-state index is 8.67. The number of guanidine groups is 1. The lowest BCUT2D eigenvalue weighted by atomic mass is 10.5. The zero-order valence-electron chi connectivity index (χ0n) is 9.26. The van der Waals surface area contributed by atoms with Gasteiger partial charge in [0.15, 0.2) is 4.83 Å². The normalized spacial score (nSPS) is 27.1.